The molecule has 0 spiro atoms. The second-order valence-corrected chi connectivity index (χ2v) is 3.36. The van der Waals surface area contributed by atoms with E-state index in [4.69, 9.17) is 5.73 Å². The zero-order valence-electron chi connectivity index (χ0n) is 7.98. The standard InChI is InChI=1S/C11H14N2O/c12-6-2-7-13-8-5-9-10(13)3-1-4-11(9)14/h1,3-5,8,14H,2,6-7,12H2. The van der Waals surface area contributed by atoms with Crippen LogP contribution in [0.2, 0.25) is 0 Å². The fraction of sp³-hybridized carbons (Fsp3) is 0.273. The molecule has 0 bridgehead atoms. The summed E-state index contributed by atoms with van der Waals surface area (Å²) in [4.78, 5) is 0. The summed E-state index contributed by atoms with van der Waals surface area (Å²) in [6, 6.07) is 7.50. The Bertz CT molecular complexity index is 434. The van der Waals surface area contributed by atoms with Gasteiger partial charge in [0.15, 0.2) is 0 Å². The molecule has 1 aromatic heterocycles. The van der Waals surface area contributed by atoms with Crippen molar-refractivity contribution in [2.24, 2.45) is 5.73 Å². The summed E-state index contributed by atoms with van der Waals surface area (Å²) in [6.07, 6.45) is 2.94. The highest BCUT2D eigenvalue weighted by Gasteiger charge is 2.03. The second kappa shape index (κ2) is 3.72. The van der Waals surface area contributed by atoms with Crippen LogP contribution in [0, 0.1) is 0 Å². The maximum absolute atomic E-state index is 9.57. The molecule has 0 amide bonds. The van der Waals surface area contributed by atoms with Crippen LogP contribution < -0.4 is 5.73 Å². The molecule has 2 rings (SSSR count). The molecule has 3 nitrogen and oxygen atoms in total. The Kier molecular flexibility index (Phi) is 2.41. The number of hydrogen-bond acceptors (Lipinski definition) is 2. The highest BCUT2D eigenvalue weighted by molar-refractivity contribution is 5.86. The monoisotopic (exact) mass is 190 g/mol. The third-order valence-electron chi connectivity index (χ3n) is 2.39. The molecule has 0 saturated heterocycles. The van der Waals surface area contributed by atoms with Crippen molar-refractivity contribution in [3.63, 3.8) is 0 Å². The number of aromatic nitrogens is 1. The second-order valence-electron chi connectivity index (χ2n) is 3.36. The fourth-order valence-electron chi connectivity index (χ4n) is 1.66. The average molecular weight is 190 g/mol. The lowest BCUT2D eigenvalue weighted by Crippen LogP contribution is -2.04. The van der Waals surface area contributed by atoms with Gasteiger partial charge in [-0.25, -0.2) is 0 Å². The molecule has 0 fully saturated rings. The van der Waals surface area contributed by atoms with E-state index in [0.29, 0.717) is 12.3 Å². The van der Waals surface area contributed by atoms with Crippen LogP contribution in [-0.2, 0) is 6.54 Å². The van der Waals surface area contributed by atoms with Gasteiger partial charge in [0.05, 0.1) is 5.52 Å². The van der Waals surface area contributed by atoms with Crippen LogP contribution >= 0.6 is 0 Å². The minimum absolute atomic E-state index is 0.342. The van der Waals surface area contributed by atoms with Crippen molar-refractivity contribution in [1.82, 2.24) is 4.57 Å². The predicted molar refractivity (Wildman–Crippen MR) is 57.3 cm³/mol. The smallest absolute Gasteiger partial charge is 0.124 e. The van der Waals surface area contributed by atoms with E-state index < -0.39 is 0 Å². The summed E-state index contributed by atoms with van der Waals surface area (Å²) in [7, 11) is 0. The summed E-state index contributed by atoms with van der Waals surface area (Å²) in [6.45, 7) is 1.60. The molecule has 1 aromatic carbocycles. The van der Waals surface area contributed by atoms with Crippen LogP contribution in [0.4, 0.5) is 0 Å². The molecule has 1 heterocycles. The molecule has 0 atom stereocenters. The van der Waals surface area contributed by atoms with Gasteiger partial charge in [0.1, 0.15) is 5.75 Å². The van der Waals surface area contributed by atoms with Crippen molar-refractivity contribution >= 4 is 10.9 Å². The first kappa shape index (κ1) is 9.09. The highest BCUT2D eigenvalue weighted by Crippen LogP contribution is 2.25. The van der Waals surface area contributed by atoms with Gasteiger partial charge >= 0.3 is 0 Å². The summed E-state index contributed by atoms with van der Waals surface area (Å²) >= 11 is 0. The van der Waals surface area contributed by atoms with E-state index in [1.165, 1.54) is 0 Å². The van der Waals surface area contributed by atoms with Gasteiger partial charge in [-0.2, -0.15) is 0 Å². The molecule has 3 heteroatoms. The van der Waals surface area contributed by atoms with Gasteiger partial charge in [0, 0.05) is 18.1 Å². The topological polar surface area (TPSA) is 51.2 Å². The van der Waals surface area contributed by atoms with E-state index in [2.05, 4.69) is 4.57 Å². The van der Waals surface area contributed by atoms with Gasteiger partial charge in [-0.1, -0.05) is 6.07 Å². The first-order chi connectivity index (χ1) is 6.83. The number of phenolic OH excluding ortho intramolecular Hbond substituents is 1. The molecule has 14 heavy (non-hydrogen) atoms. The number of rotatable bonds is 3. The van der Waals surface area contributed by atoms with Crippen molar-refractivity contribution in [2.45, 2.75) is 13.0 Å². The minimum Gasteiger partial charge on any atom is -0.507 e. The van der Waals surface area contributed by atoms with Gasteiger partial charge in [0.25, 0.3) is 0 Å². The molecule has 0 aliphatic rings. The number of aromatic hydroxyl groups is 1. The first-order valence-electron chi connectivity index (χ1n) is 4.80. The Balaban J connectivity index is 2.42. The SMILES string of the molecule is NCCCn1ccc2c(O)cccc21. The van der Waals surface area contributed by atoms with Crippen LogP contribution in [0.1, 0.15) is 6.42 Å². The van der Waals surface area contributed by atoms with E-state index in [9.17, 15) is 5.11 Å². The van der Waals surface area contributed by atoms with Gasteiger partial charge in [-0.15, -0.1) is 0 Å². The number of fused-ring (bicyclic) bond motifs is 1. The van der Waals surface area contributed by atoms with E-state index in [1.54, 1.807) is 6.07 Å². The summed E-state index contributed by atoms with van der Waals surface area (Å²) in [5, 5.41) is 10.5. The fourth-order valence-corrected chi connectivity index (χ4v) is 1.66. The first-order valence-corrected chi connectivity index (χ1v) is 4.80. The molecule has 0 unspecified atom stereocenters. The lowest BCUT2D eigenvalue weighted by Gasteiger charge is -2.03. The van der Waals surface area contributed by atoms with Gasteiger partial charge in [-0.05, 0) is 31.2 Å². The molecular formula is C11H14N2O. The Morgan fingerprint density at radius 2 is 2.14 bits per heavy atom. The lowest BCUT2D eigenvalue weighted by atomic mass is 10.2. The third kappa shape index (κ3) is 1.46. The number of benzene rings is 1. The molecule has 3 N–H and O–H groups in total. The highest BCUT2D eigenvalue weighted by atomic mass is 16.3. The molecule has 74 valence electrons. The minimum atomic E-state index is 0.342. The van der Waals surface area contributed by atoms with Crippen molar-refractivity contribution in [3.8, 4) is 5.75 Å². The van der Waals surface area contributed by atoms with Gasteiger partial charge in [0.2, 0.25) is 0 Å². The molecule has 0 saturated carbocycles. The Morgan fingerprint density at radius 1 is 1.29 bits per heavy atom. The average Bonchev–Trinajstić information content (AvgIpc) is 2.60. The summed E-state index contributed by atoms with van der Waals surface area (Å²) in [5.41, 5.74) is 6.52. The molecule has 2 aromatic rings. The van der Waals surface area contributed by atoms with E-state index in [1.807, 2.05) is 24.4 Å². The van der Waals surface area contributed by atoms with Crippen molar-refractivity contribution < 1.29 is 5.11 Å². The van der Waals surface area contributed by atoms with Crippen LogP contribution in [0.15, 0.2) is 30.5 Å². The van der Waals surface area contributed by atoms with Gasteiger partial charge in [-0.3, -0.25) is 0 Å². The molecule has 0 aliphatic heterocycles. The quantitative estimate of drug-likeness (QED) is 0.773. The number of aryl methyl sites for hydroxylation is 1. The van der Waals surface area contributed by atoms with Gasteiger partial charge < -0.3 is 15.4 Å². The zero-order chi connectivity index (χ0) is 9.97. The number of nitrogens with two attached hydrogens (primary N) is 1. The Hall–Kier alpha value is -1.48. The van der Waals surface area contributed by atoms with E-state index >= 15 is 0 Å². The zero-order valence-corrected chi connectivity index (χ0v) is 7.98. The van der Waals surface area contributed by atoms with Crippen molar-refractivity contribution in [3.05, 3.63) is 30.5 Å². The van der Waals surface area contributed by atoms with Crippen LogP contribution in [0.3, 0.4) is 0 Å². The third-order valence-corrected chi connectivity index (χ3v) is 2.39. The van der Waals surface area contributed by atoms with Crippen LogP contribution in [0.25, 0.3) is 10.9 Å². The maximum atomic E-state index is 9.57. The summed E-state index contributed by atoms with van der Waals surface area (Å²) < 4.78 is 2.11. The Morgan fingerprint density at radius 3 is 2.93 bits per heavy atom. The number of phenols is 1. The van der Waals surface area contributed by atoms with Crippen molar-refractivity contribution in [2.75, 3.05) is 6.54 Å². The number of hydrogen-bond donors (Lipinski definition) is 2. The predicted octanol–water partition coefficient (Wildman–Crippen LogP) is 1.70. The Labute approximate surface area is 82.8 Å². The van der Waals surface area contributed by atoms with Crippen LogP contribution in [0.5, 0.6) is 5.75 Å². The normalized spacial score (nSPS) is 10.9. The largest absolute Gasteiger partial charge is 0.507 e. The molecule has 0 aliphatic carbocycles. The maximum Gasteiger partial charge on any atom is 0.124 e. The molecular weight excluding hydrogens is 176 g/mol. The number of nitrogens with zero attached hydrogens (tertiary/aromatic N) is 1. The van der Waals surface area contributed by atoms with E-state index in [-0.39, 0.29) is 0 Å². The van der Waals surface area contributed by atoms with E-state index in [0.717, 1.165) is 23.9 Å². The lowest BCUT2D eigenvalue weighted by molar-refractivity contribution is 0.481. The summed E-state index contributed by atoms with van der Waals surface area (Å²) in [5.74, 6) is 0.342. The molecule has 0 radical (unpaired) electrons. The van der Waals surface area contributed by atoms with Crippen LogP contribution in [-0.4, -0.2) is 16.2 Å². The van der Waals surface area contributed by atoms with Crippen molar-refractivity contribution in [1.29, 1.82) is 0 Å².